The van der Waals surface area contributed by atoms with E-state index >= 15 is 0 Å². The molecular weight excluding hydrogens is 251 g/mol. The van der Waals surface area contributed by atoms with Gasteiger partial charge in [-0.2, -0.15) is 0 Å². The molecule has 1 aromatic carbocycles. The van der Waals surface area contributed by atoms with Crippen molar-refractivity contribution < 1.29 is 4.79 Å². The fourth-order valence-electron chi connectivity index (χ4n) is 0.884. The summed E-state index contributed by atoms with van der Waals surface area (Å²) in [5.74, 6) is -0.0117. The summed E-state index contributed by atoms with van der Waals surface area (Å²) < 4.78 is 0.405. The van der Waals surface area contributed by atoms with E-state index in [9.17, 15) is 4.79 Å². The third-order valence-electron chi connectivity index (χ3n) is 1.58. The first-order valence-electron chi connectivity index (χ1n) is 3.71. The third kappa shape index (κ3) is 3.33. The molecule has 0 unspecified atom stereocenters. The minimum absolute atomic E-state index is 0.0117. The molecule has 0 fully saturated rings. The molecule has 0 N–H and O–H groups in total. The Bertz CT molecular complexity index is 329. The maximum Gasteiger partial charge on any atom is 0.173 e. The Morgan fingerprint density at radius 1 is 1.38 bits per heavy atom. The van der Waals surface area contributed by atoms with Gasteiger partial charge in [-0.1, -0.05) is 30.3 Å². The average molecular weight is 260 g/mol. The second-order valence-electron chi connectivity index (χ2n) is 2.63. The Kier molecular flexibility index (Phi) is 3.70. The van der Waals surface area contributed by atoms with Crippen molar-refractivity contribution in [3.63, 3.8) is 0 Å². The van der Waals surface area contributed by atoms with Gasteiger partial charge in [0.15, 0.2) is 5.78 Å². The van der Waals surface area contributed by atoms with Gasteiger partial charge < -0.3 is 0 Å². The van der Waals surface area contributed by atoms with E-state index in [4.69, 9.17) is 11.6 Å². The summed E-state index contributed by atoms with van der Waals surface area (Å²) >= 11 is 8.74. The van der Waals surface area contributed by atoms with E-state index in [1.54, 1.807) is 12.1 Å². The van der Waals surface area contributed by atoms with Crippen molar-refractivity contribution in [1.82, 2.24) is 0 Å². The van der Waals surface area contributed by atoms with Gasteiger partial charge in [0, 0.05) is 11.4 Å². The molecule has 0 heterocycles. The van der Waals surface area contributed by atoms with Crippen molar-refractivity contribution in [2.24, 2.45) is 0 Å². The number of ketones is 1. The van der Waals surface area contributed by atoms with Gasteiger partial charge in [0.05, 0.1) is 4.48 Å². The van der Waals surface area contributed by atoms with Gasteiger partial charge in [0.25, 0.3) is 0 Å². The molecule has 0 aromatic heterocycles. The van der Waals surface area contributed by atoms with E-state index < -0.39 is 0 Å². The van der Waals surface area contributed by atoms with Crippen molar-refractivity contribution in [2.75, 3.05) is 0 Å². The van der Waals surface area contributed by atoms with Crippen LogP contribution in [0.2, 0.25) is 5.02 Å². The topological polar surface area (TPSA) is 17.1 Å². The van der Waals surface area contributed by atoms with Crippen molar-refractivity contribution in [2.45, 2.75) is 6.42 Å². The maximum absolute atomic E-state index is 11.2. The lowest BCUT2D eigenvalue weighted by Crippen LogP contribution is -2.00. The Balaban J connectivity index is 2.70. The number of hydrogen-bond donors (Lipinski definition) is 0. The van der Waals surface area contributed by atoms with Gasteiger partial charge >= 0.3 is 0 Å². The number of hydrogen-bond acceptors (Lipinski definition) is 1. The molecule has 0 aliphatic carbocycles. The number of allylic oxidation sites excluding steroid dienone is 1. The molecule has 3 heteroatoms. The second kappa shape index (κ2) is 4.58. The molecule has 0 atom stereocenters. The lowest BCUT2D eigenvalue weighted by atomic mass is 10.1. The molecule has 1 nitrogen and oxygen atoms in total. The van der Waals surface area contributed by atoms with E-state index in [1.807, 2.05) is 12.1 Å². The molecule has 0 saturated heterocycles. The van der Waals surface area contributed by atoms with Gasteiger partial charge in [-0.25, -0.2) is 0 Å². The normalized spacial score (nSPS) is 9.69. The van der Waals surface area contributed by atoms with E-state index in [0.29, 0.717) is 15.9 Å². The van der Waals surface area contributed by atoms with Gasteiger partial charge in [0.1, 0.15) is 0 Å². The highest BCUT2D eigenvalue weighted by atomic mass is 79.9. The van der Waals surface area contributed by atoms with Crippen LogP contribution in [0.4, 0.5) is 0 Å². The Hall–Kier alpha value is -0.600. The van der Waals surface area contributed by atoms with Crippen LogP contribution in [0.3, 0.4) is 0 Å². The molecule has 1 rings (SSSR count). The third-order valence-corrected chi connectivity index (χ3v) is 2.27. The average Bonchev–Trinajstić information content (AvgIpc) is 2.08. The summed E-state index contributed by atoms with van der Waals surface area (Å²) in [6, 6.07) is 7.19. The number of benzene rings is 1. The number of carbonyl (C=O) groups excluding carboxylic acids is 1. The van der Waals surface area contributed by atoms with Crippen LogP contribution in [0, 0.1) is 0 Å². The molecule has 0 saturated carbocycles. The fourth-order valence-corrected chi connectivity index (χ4v) is 1.15. The van der Waals surface area contributed by atoms with Crippen molar-refractivity contribution in [1.29, 1.82) is 0 Å². The zero-order valence-corrected chi connectivity index (χ0v) is 9.23. The Morgan fingerprint density at radius 2 is 1.92 bits per heavy atom. The molecule has 0 amide bonds. The minimum Gasteiger partial charge on any atom is -0.293 e. The van der Waals surface area contributed by atoms with Crippen molar-refractivity contribution in [3.8, 4) is 0 Å². The Morgan fingerprint density at radius 3 is 2.38 bits per heavy atom. The second-order valence-corrected chi connectivity index (χ2v) is 4.02. The summed E-state index contributed by atoms with van der Waals surface area (Å²) in [7, 11) is 0. The molecule has 0 bridgehead atoms. The van der Waals surface area contributed by atoms with Gasteiger partial charge in [-0.15, -0.1) is 0 Å². The predicted molar refractivity (Wildman–Crippen MR) is 58.2 cm³/mol. The van der Waals surface area contributed by atoms with Crippen LogP contribution in [0.25, 0.3) is 0 Å². The van der Waals surface area contributed by atoms with Crippen LogP contribution >= 0.6 is 27.5 Å². The van der Waals surface area contributed by atoms with Crippen LogP contribution < -0.4 is 0 Å². The van der Waals surface area contributed by atoms with Crippen LogP contribution in [0.1, 0.15) is 5.56 Å². The van der Waals surface area contributed by atoms with Crippen LogP contribution in [-0.2, 0) is 11.2 Å². The molecule has 0 radical (unpaired) electrons. The highest BCUT2D eigenvalue weighted by Gasteiger charge is 2.04. The minimum atomic E-state index is -0.0117. The molecule has 0 aliphatic heterocycles. The van der Waals surface area contributed by atoms with Crippen LogP contribution in [0.5, 0.6) is 0 Å². The molecular formula is C10H8BrClO. The van der Waals surface area contributed by atoms with Crippen molar-refractivity contribution in [3.05, 3.63) is 45.9 Å². The predicted octanol–water partition coefficient (Wildman–Crippen LogP) is 3.36. The largest absolute Gasteiger partial charge is 0.293 e. The summed E-state index contributed by atoms with van der Waals surface area (Å²) in [4.78, 5) is 11.2. The standard InChI is InChI=1S/C10H8BrClO/c1-7(11)10(13)6-8-2-4-9(12)5-3-8/h2-5H,1,6H2. The van der Waals surface area contributed by atoms with E-state index in [0.717, 1.165) is 5.56 Å². The van der Waals surface area contributed by atoms with Gasteiger partial charge in [-0.3, -0.25) is 4.79 Å². The molecule has 0 spiro atoms. The quantitative estimate of drug-likeness (QED) is 0.761. The number of Topliss-reactive ketones (excluding diaryl/α,β-unsaturated/α-hetero) is 1. The molecule has 68 valence electrons. The SMILES string of the molecule is C=C(Br)C(=O)Cc1ccc(Cl)cc1. The van der Waals surface area contributed by atoms with Crippen molar-refractivity contribution >= 4 is 33.3 Å². The zero-order valence-electron chi connectivity index (χ0n) is 6.89. The number of halogens is 2. The first-order valence-corrected chi connectivity index (χ1v) is 4.89. The highest BCUT2D eigenvalue weighted by Crippen LogP contribution is 2.12. The van der Waals surface area contributed by atoms with Crippen LogP contribution in [-0.4, -0.2) is 5.78 Å². The molecule has 0 aliphatic rings. The first kappa shape index (κ1) is 10.5. The first-order chi connectivity index (χ1) is 6.09. The smallest absolute Gasteiger partial charge is 0.173 e. The Labute approximate surface area is 90.5 Å². The lowest BCUT2D eigenvalue weighted by Gasteiger charge is -1.98. The van der Waals surface area contributed by atoms with Crippen LogP contribution in [0.15, 0.2) is 35.3 Å². The maximum atomic E-state index is 11.2. The molecule has 13 heavy (non-hydrogen) atoms. The fraction of sp³-hybridized carbons (Fsp3) is 0.100. The monoisotopic (exact) mass is 258 g/mol. The van der Waals surface area contributed by atoms with E-state index in [-0.39, 0.29) is 5.78 Å². The summed E-state index contributed by atoms with van der Waals surface area (Å²) in [5, 5.41) is 0.675. The van der Waals surface area contributed by atoms with Gasteiger partial charge in [0.2, 0.25) is 0 Å². The highest BCUT2D eigenvalue weighted by molar-refractivity contribution is 9.12. The zero-order chi connectivity index (χ0) is 9.84. The van der Waals surface area contributed by atoms with E-state index in [2.05, 4.69) is 22.5 Å². The van der Waals surface area contributed by atoms with Gasteiger partial charge in [-0.05, 0) is 33.6 Å². The van der Waals surface area contributed by atoms with E-state index in [1.165, 1.54) is 0 Å². The summed E-state index contributed by atoms with van der Waals surface area (Å²) in [6.45, 7) is 3.51. The number of rotatable bonds is 3. The summed E-state index contributed by atoms with van der Waals surface area (Å²) in [5.41, 5.74) is 0.940. The number of carbonyl (C=O) groups is 1. The lowest BCUT2D eigenvalue weighted by molar-refractivity contribution is -0.114. The summed E-state index contributed by atoms with van der Waals surface area (Å²) in [6.07, 6.45) is 0.362. The molecule has 1 aromatic rings.